The van der Waals surface area contributed by atoms with Crippen molar-refractivity contribution in [1.82, 2.24) is 5.32 Å². The molecule has 1 atom stereocenters. The minimum atomic E-state index is 0. The van der Waals surface area contributed by atoms with Crippen LogP contribution in [0.15, 0.2) is 0 Å². The lowest BCUT2D eigenvalue weighted by Crippen LogP contribution is -2.06. The predicted molar refractivity (Wildman–Crippen MR) is 28.8 cm³/mol. The van der Waals surface area contributed by atoms with Gasteiger partial charge in [0, 0.05) is 1.43 Å². The second kappa shape index (κ2) is 1.61. The smallest absolute Gasteiger partial charge is 0 e. The van der Waals surface area contributed by atoms with Crippen LogP contribution >= 0.6 is 0 Å². The summed E-state index contributed by atoms with van der Waals surface area (Å²) in [5.41, 5.74) is 0. The molecule has 0 spiro atoms. The van der Waals surface area contributed by atoms with E-state index in [9.17, 15) is 0 Å². The highest BCUT2D eigenvalue weighted by Gasteiger charge is 2.06. The fourth-order valence-electron chi connectivity index (χ4n) is 0.799. The SMILES string of the molecule is C[C@H]1CCNC1.[HH]. The van der Waals surface area contributed by atoms with Gasteiger partial charge in [-0.2, -0.15) is 0 Å². The summed E-state index contributed by atoms with van der Waals surface area (Å²) in [6, 6.07) is 0. The molecule has 6 heavy (non-hydrogen) atoms. The molecule has 1 saturated heterocycles. The molecular formula is C5H13N. The van der Waals surface area contributed by atoms with Crippen molar-refractivity contribution >= 4 is 0 Å². The molecule has 0 saturated carbocycles. The van der Waals surface area contributed by atoms with Gasteiger partial charge >= 0.3 is 0 Å². The van der Waals surface area contributed by atoms with Gasteiger partial charge in [-0.1, -0.05) is 6.92 Å². The van der Waals surface area contributed by atoms with Crippen LogP contribution in [0, 0.1) is 5.92 Å². The standard InChI is InChI=1S/C5H11N.H2/c1-5-2-3-6-4-5;/h5-6H,2-4H2,1H3;1H/t5-;/m0./s1. The van der Waals surface area contributed by atoms with E-state index in [0.717, 1.165) is 5.92 Å². The summed E-state index contributed by atoms with van der Waals surface area (Å²) in [5, 5.41) is 3.27. The van der Waals surface area contributed by atoms with E-state index < -0.39 is 0 Å². The molecule has 1 aliphatic heterocycles. The maximum absolute atomic E-state index is 3.27. The second-order valence-electron chi connectivity index (χ2n) is 2.10. The predicted octanol–water partition coefficient (Wildman–Crippen LogP) is 0.862. The van der Waals surface area contributed by atoms with E-state index in [1.54, 1.807) is 0 Å². The first kappa shape index (κ1) is 4.13. The zero-order valence-corrected chi connectivity index (χ0v) is 4.20. The van der Waals surface area contributed by atoms with Gasteiger partial charge in [0.05, 0.1) is 0 Å². The number of nitrogens with one attached hydrogen (secondary N) is 1. The molecule has 1 heterocycles. The van der Waals surface area contributed by atoms with Gasteiger partial charge in [-0.3, -0.25) is 0 Å². The van der Waals surface area contributed by atoms with Gasteiger partial charge in [0.25, 0.3) is 0 Å². The molecule has 1 rings (SSSR count). The van der Waals surface area contributed by atoms with Crippen molar-refractivity contribution in [3.8, 4) is 0 Å². The minimum Gasteiger partial charge on any atom is -0.316 e. The van der Waals surface area contributed by atoms with Crippen LogP contribution in [-0.2, 0) is 0 Å². The van der Waals surface area contributed by atoms with Gasteiger partial charge in [0.1, 0.15) is 0 Å². The second-order valence-corrected chi connectivity index (χ2v) is 2.10. The molecule has 0 aliphatic carbocycles. The molecule has 1 nitrogen and oxygen atoms in total. The largest absolute Gasteiger partial charge is 0.316 e. The van der Waals surface area contributed by atoms with E-state index in [0.29, 0.717) is 0 Å². The van der Waals surface area contributed by atoms with Crippen molar-refractivity contribution in [1.29, 1.82) is 0 Å². The van der Waals surface area contributed by atoms with Crippen LogP contribution in [-0.4, -0.2) is 13.1 Å². The molecule has 0 radical (unpaired) electrons. The Kier molecular flexibility index (Phi) is 1.10. The van der Waals surface area contributed by atoms with Crippen molar-refractivity contribution in [2.45, 2.75) is 13.3 Å². The van der Waals surface area contributed by atoms with Crippen LogP contribution in [0.2, 0.25) is 0 Å². The first-order chi connectivity index (χ1) is 2.89. The maximum Gasteiger partial charge on any atom is 0 e. The molecule has 1 aliphatic rings. The van der Waals surface area contributed by atoms with Gasteiger partial charge < -0.3 is 5.32 Å². The highest BCUT2D eigenvalue weighted by atomic mass is 14.9. The first-order valence-electron chi connectivity index (χ1n) is 2.60. The molecular weight excluding hydrogens is 74.1 g/mol. The Bertz CT molecular complexity index is 41.3. The fraction of sp³-hybridized carbons (Fsp3) is 1.00. The van der Waals surface area contributed by atoms with Gasteiger partial charge in [-0.25, -0.2) is 0 Å². The summed E-state index contributed by atoms with van der Waals surface area (Å²) >= 11 is 0. The van der Waals surface area contributed by atoms with Crippen LogP contribution in [0.25, 0.3) is 0 Å². The lowest BCUT2D eigenvalue weighted by Gasteiger charge is -1.90. The van der Waals surface area contributed by atoms with Crippen LogP contribution in [0.5, 0.6) is 0 Å². The quantitative estimate of drug-likeness (QED) is 0.462. The Labute approximate surface area is 40.2 Å². The molecule has 0 aromatic rings. The summed E-state index contributed by atoms with van der Waals surface area (Å²) in [5.74, 6) is 0.935. The van der Waals surface area contributed by atoms with E-state index in [1.165, 1.54) is 19.5 Å². The monoisotopic (exact) mass is 87.1 g/mol. The van der Waals surface area contributed by atoms with E-state index >= 15 is 0 Å². The number of hydrogen-bond acceptors (Lipinski definition) is 1. The Morgan fingerprint density at radius 2 is 2.67 bits per heavy atom. The van der Waals surface area contributed by atoms with Gasteiger partial charge in [0.15, 0.2) is 0 Å². The van der Waals surface area contributed by atoms with E-state index in [4.69, 9.17) is 0 Å². The van der Waals surface area contributed by atoms with Crippen LogP contribution in [0.4, 0.5) is 0 Å². The molecule has 38 valence electrons. The molecule has 0 bridgehead atoms. The van der Waals surface area contributed by atoms with Crippen molar-refractivity contribution in [2.75, 3.05) is 13.1 Å². The molecule has 1 heteroatoms. The summed E-state index contributed by atoms with van der Waals surface area (Å²) in [6.07, 6.45) is 1.38. The zero-order valence-electron chi connectivity index (χ0n) is 4.20. The Morgan fingerprint density at radius 1 is 1.83 bits per heavy atom. The molecule has 1 fully saturated rings. The number of hydrogen-bond donors (Lipinski definition) is 1. The van der Waals surface area contributed by atoms with Gasteiger partial charge in [-0.05, 0) is 25.4 Å². The Hall–Kier alpha value is -0.0400. The minimum absolute atomic E-state index is 0. The Morgan fingerprint density at radius 3 is 2.83 bits per heavy atom. The van der Waals surface area contributed by atoms with Crippen LogP contribution in [0.1, 0.15) is 14.8 Å². The third-order valence-corrected chi connectivity index (χ3v) is 1.31. The van der Waals surface area contributed by atoms with Crippen LogP contribution < -0.4 is 5.32 Å². The highest BCUT2D eigenvalue weighted by molar-refractivity contribution is 4.65. The highest BCUT2D eigenvalue weighted by Crippen LogP contribution is 2.03. The third-order valence-electron chi connectivity index (χ3n) is 1.31. The molecule has 0 unspecified atom stereocenters. The average molecular weight is 87.2 g/mol. The zero-order chi connectivity index (χ0) is 4.41. The van der Waals surface area contributed by atoms with Crippen LogP contribution in [0.3, 0.4) is 0 Å². The van der Waals surface area contributed by atoms with Crippen molar-refractivity contribution in [3.05, 3.63) is 0 Å². The molecule has 1 N–H and O–H groups in total. The van der Waals surface area contributed by atoms with Crippen molar-refractivity contribution in [3.63, 3.8) is 0 Å². The first-order valence-corrected chi connectivity index (χ1v) is 2.60. The summed E-state index contributed by atoms with van der Waals surface area (Å²) in [6.45, 7) is 4.75. The molecule has 0 aromatic carbocycles. The van der Waals surface area contributed by atoms with Gasteiger partial charge in [0.2, 0.25) is 0 Å². The Balaban J connectivity index is 0.000000360. The van der Waals surface area contributed by atoms with Gasteiger partial charge in [-0.15, -0.1) is 0 Å². The van der Waals surface area contributed by atoms with Crippen molar-refractivity contribution in [2.24, 2.45) is 5.92 Å². The van der Waals surface area contributed by atoms with E-state index in [2.05, 4.69) is 12.2 Å². The summed E-state index contributed by atoms with van der Waals surface area (Å²) in [4.78, 5) is 0. The fourth-order valence-corrected chi connectivity index (χ4v) is 0.799. The van der Waals surface area contributed by atoms with E-state index in [1.807, 2.05) is 0 Å². The number of rotatable bonds is 0. The topological polar surface area (TPSA) is 12.0 Å². The van der Waals surface area contributed by atoms with Crippen molar-refractivity contribution < 1.29 is 1.43 Å². The third kappa shape index (κ3) is 0.716. The molecule has 0 amide bonds. The lowest BCUT2D eigenvalue weighted by molar-refractivity contribution is 0.651. The average Bonchev–Trinajstić information content (AvgIpc) is 1.86. The summed E-state index contributed by atoms with van der Waals surface area (Å²) < 4.78 is 0. The normalized spacial score (nSPS) is 34.5. The van der Waals surface area contributed by atoms with E-state index in [-0.39, 0.29) is 1.43 Å². The summed E-state index contributed by atoms with van der Waals surface area (Å²) in [7, 11) is 0. The maximum atomic E-state index is 3.27. The lowest BCUT2D eigenvalue weighted by atomic mass is 10.2. The molecule has 0 aromatic heterocycles.